The first kappa shape index (κ1) is 13.9. The van der Waals surface area contributed by atoms with Gasteiger partial charge in [0.15, 0.2) is 0 Å². The van der Waals surface area contributed by atoms with Gasteiger partial charge < -0.3 is 13.9 Å². The van der Waals surface area contributed by atoms with Crippen molar-refractivity contribution in [1.29, 1.82) is 0 Å². The fourth-order valence-corrected chi connectivity index (χ4v) is 2.86. The van der Waals surface area contributed by atoms with E-state index in [0.29, 0.717) is 5.75 Å². The smallest absolute Gasteiger partial charge is 0.315 e. The molecule has 1 fully saturated rings. The number of esters is 1. The number of fused-ring (bicyclic) bond motifs is 1. The Balaban J connectivity index is 1.50. The first-order valence-electron chi connectivity index (χ1n) is 7.57. The Kier molecular flexibility index (Phi) is 3.30. The molecule has 1 aromatic heterocycles. The van der Waals surface area contributed by atoms with Crippen LogP contribution >= 0.6 is 0 Å². The van der Waals surface area contributed by atoms with E-state index < -0.39 is 0 Å². The fraction of sp³-hybridized carbons (Fsp3) is 0.211. The fourth-order valence-electron chi connectivity index (χ4n) is 2.86. The Hall–Kier alpha value is -2.75. The molecule has 0 spiro atoms. The minimum atomic E-state index is -0.200. The van der Waals surface area contributed by atoms with Gasteiger partial charge in [-0.1, -0.05) is 12.1 Å². The second kappa shape index (κ2) is 5.47. The van der Waals surface area contributed by atoms with E-state index in [0.717, 1.165) is 28.7 Å². The van der Waals surface area contributed by atoms with Crippen molar-refractivity contribution in [3.8, 4) is 11.5 Å². The van der Waals surface area contributed by atoms with E-state index >= 15 is 0 Å². The molecule has 23 heavy (non-hydrogen) atoms. The summed E-state index contributed by atoms with van der Waals surface area (Å²) in [5, 5.41) is 2.05. The molecule has 1 heterocycles. The predicted octanol–water partition coefficient (Wildman–Crippen LogP) is 4.15. The molecule has 0 saturated heterocycles. The Morgan fingerprint density at radius 2 is 1.87 bits per heavy atom. The largest absolute Gasteiger partial charge is 0.497 e. The molecular formula is C19H16O4. The zero-order chi connectivity index (χ0) is 15.8. The maximum Gasteiger partial charge on any atom is 0.315 e. The van der Waals surface area contributed by atoms with E-state index in [9.17, 15) is 4.79 Å². The molecular weight excluding hydrogens is 292 g/mol. The predicted molar refractivity (Wildman–Crippen MR) is 85.7 cm³/mol. The highest BCUT2D eigenvalue weighted by atomic mass is 16.5. The van der Waals surface area contributed by atoms with E-state index in [2.05, 4.69) is 0 Å². The Morgan fingerprint density at radius 3 is 2.61 bits per heavy atom. The van der Waals surface area contributed by atoms with Crippen LogP contribution in [0.15, 0.2) is 59.2 Å². The molecule has 0 N–H and O–H groups in total. The second-order valence-corrected chi connectivity index (χ2v) is 5.76. The maximum atomic E-state index is 12.3. The topological polar surface area (TPSA) is 48.7 Å². The van der Waals surface area contributed by atoms with E-state index in [1.165, 1.54) is 0 Å². The molecule has 0 aliphatic heterocycles. The van der Waals surface area contributed by atoms with Crippen LogP contribution in [0.5, 0.6) is 11.5 Å². The number of hydrogen-bond donors (Lipinski definition) is 0. The van der Waals surface area contributed by atoms with Crippen molar-refractivity contribution < 1.29 is 18.7 Å². The number of methoxy groups -OCH3 is 1. The van der Waals surface area contributed by atoms with Crippen LogP contribution in [0.3, 0.4) is 0 Å². The molecule has 0 amide bonds. The van der Waals surface area contributed by atoms with E-state index in [1.807, 2.05) is 48.5 Å². The Labute approximate surface area is 133 Å². The molecule has 4 heteroatoms. The van der Waals surface area contributed by atoms with Gasteiger partial charge in [-0.25, -0.2) is 0 Å². The van der Waals surface area contributed by atoms with Crippen molar-refractivity contribution in [3.05, 3.63) is 60.6 Å². The zero-order valence-corrected chi connectivity index (χ0v) is 12.7. The van der Waals surface area contributed by atoms with E-state index in [4.69, 9.17) is 13.9 Å². The van der Waals surface area contributed by atoms with Gasteiger partial charge in [-0.15, -0.1) is 0 Å². The number of benzene rings is 2. The molecule has 116 valence electrons. The van der Waals surface area contributed by atoms with Gasteiger partial charge in [-0.3, -0.25) is 4.79 Å². The standard InChI is InChI=1S/C19H16O4/c1-21-14-6-4-12-5-7-15(10-13(12)9-14)23-19(20)17-11-16(17)18-3-2-8-22-18/h2-10,16-17H,11H2,1H3/t16-,17+/m1/s1. The van der Waals surface area contributed by atoms with Crippen molar-refractivity contribution in [2.24, 2.45) is 5.92 Å². The van der Waals surface area contributed by atoms with Crippen LogP contribution < -0.4 is 9.47 Å². The van der Waals surface area contributed by atoms with Crippen molar-refractivity contribution in [3.63, 3.8) is 0 Å². The normalized spacial score (nSPS) is 19.5. The molecule has 1 saturated carbocycles. The lowest BCUT2D eigenvalue weighted by molar-refractivity contribution is -0.135. The van der Waals surface area contributed by atoms with Crippen LogP contribution in [0.4, 0.5) is 0 Å². The van der Waals surface area contributed by atoms with Crippen LogP contribution in [-0.4, -0.2) is 13.1 Å². The summed E-state index contributed by atoms with van der Waals surface area (Å²) >= 11 is 0. The van der Waals surface area contributed by atoms with E-state index in [-0.39, 0.29) is 17.8 Å². The monoisotopic (exact) mass is 308 g/mol. The van der Waals surface area contributed by atoms with Crippen LogP contribution in [0, 0.1) is 5.92 Å². The molecule has 4 nitrogen and oxygen atoms in total. The number of rotatable bonds is 4. The number of ether oxygens (including phenoxy) is 2. The lowest BCUT2D eigenvalue weighted by atomic mass is 10.1. The van der Waals surface area contributed by atoms with Crippen LogP contribution in [0.1, 0.15) is 18.1 Å². The average molecular weight is 308 g/mol. The molecule has 0 bridgehead atoms. The maximum absolute atomic E-state index is 12.3. The minimum absolute atomic E-state index is 0.109. The van der Waals surface area contributed by atoms with Gasteiger partial charge in [-0.05, 0) is 53.6 Å². The summed E-state index contributed by atoms with van der Waals surface area (Å²) in [7, 11) is 1.63. The number of carbonyl (C=O) groups excluding carboxylic acids is 1. The lowest BCUT2D eigenvalue weighted by Crippen LogP contribution is -2.11. The van der Waals surface area contributed by atoms with Gasteiger partial charge in [0, 0.05) is 5.92 Å². The third-order valence-corrected chi connectivity index (χ3v) is 4.24. The molecule has 2 atom stereocenters. The Morgan fingerprint density at radius 1 is 1.09 bits per heavy atom. The summed E-state index contributed by atoms with van der Waals surface area (Å²) in [4.78, 5) is 12.3. The molecule has 4 rings (SSSR count). The van der Waals surface area contributed by atoms with Gasteiger partial charge in [0.05, 0.1) is 19.3 Å². The van der Waals surface area contributed by atoms with Crippen LogP contribution in [0.25, 0.3) is 10.8 Å². The molecule has 2 aromatic carbocycles. The number of furan rings is 1. The van der Waals surface area contributed by atoms with Crippen LogP contribution in [-0.2, 0) is 4.79 Å². The van der Waals surface area contributed by atoms with Crippen molar-refractivity contribution in [1.82, 2.24) is 0 Å². The first-order valence-corrected chi connectivity index (χ1v) is 7.57. The first-order chi connectivity index (χ1) is 11.2. The van der Waals surface area contributed by atoms with Gasteiger partial charge in [0.2, 0.25) is 0 Å². The van der Waals surface area contributed by atoms with Gasteiger partial charge in [0.1, 0.15) is 17.3 Å². The van der Waals surface area contributed by atoms with Gasteiger partial charge in [-0.2, -0.15) is 0 Å². The van der Waals surface area contributed by atoms with Gasteiger partial charge in [0.25, 0.3) is 0 Å². The third-order valence-electron chi connectivity index (χ3n) is 4.24. The molecule has 0 radical (unpaired) electrons. The third kappa shape index (κ3) is 2.68. The second-order valence-electron chi connectivity index (χ2n) is 5.76. The lowest BCUT2D eigenvalue weighted by Gasteiger charge is -2.07. The Bertz CT molecular complexity index is 851. The van der Waals surface area contributed by atoms with Crippen molar-refractivity contribution >= 4 is 16.7 Å². The molecule has 3 aromatic rings. The highest BCUT2D eigenvalue weighted by Crippen LogP contribution is 2.48. The zero-order valence-electron chi connectivity index (χ0n) is 12.7. The van der Waals surface area contributed by atoms with Gasteiger partial charge >= 0.3 is 5.97 Å². The van der Waals surface area contributed by atoms with E-state index in [1.54, 1.807) is 13.4 Å². The summed E-state index contributed by atoms with van der Waals surface area (Å²) < 4.78 is 16.1. The van der Waals surface area contributed by atoms with Crippen molar-refractivity contribution in [2.45, 2.75) is 12.3 Å². The summed E-state index contributed by atoms with van der Waals surface area (Å²) in [6.07, 6.45) is 2.42. The number of hydrogen-bond acceptors (Lipinski definition) is 4. The summed E-state index contributed by atoms with van der Waals surface area (Å²) in [6, 6.07) is 15.2. The van der Waals surface area contributed by atoms with Crippen molar-refractivity contribution in [2.75, 3.05) is 7.11 Å². The van der Waals surface area contributed by atoms with Crippen LogP contribution in [0.2, 0.25) is 0 Å². The summed E-state index contributed by atoms with van der Waals surface area (Å²) in [5.41, 5.74) is 0. The average Bonchev–Trinajstić information content (AvgIpc) is 3.20. The SMILES string of the molecule is COc1ccc2ccc(OC(=O)[C@H]3C[C@H]3c3ccco3)cc2c1. The summed E-state index contributed by atoms with van der Waals surface area (Å²) in [6.45, 7) is 0. The molecule has 1 aliphatic rings. The summed E-state index contributed by atoms with van der Waals surface area (Å²) in [5.74, 6) is 2.03. The highest BCUT2D eigenvalue weighted by Gasteiger charge is 2.47. The molecule has 1 aliphatic carbocycles. The minimum Gasteiger partial charge on any atom is -0.497 e. The quantitative estimate of drug-likeness (QED) is 0.536. The highest BCUT2D eigenvalue weighted by molar-refractivity contribution is 5.86. The molecule has 0 unspecified atom stereocenters. The number of carbonyl (C=O) groups is 1.